The predicted octanol–water partition coefficient (Wildman–Crippen LogP) is 3.60. The van der Waals surface area contributed by atoms with E-state index in [1.807, 2.05) is 11.8 Å². The van der Waals surface area contributed by atoms with E-state index in [4.69, 9.17) is 0 Å². The van der Waals surface area contributed by atoms with Gasteiger partial charge in [-0.2, -0.15) is 11.8 Å². The number of hydrogen-bond donors (Lipinski definition) is 2. The van der Waals surface area contributed by atoms with E-state index in [-0.39, 0.29) is 18.0 Å². The minimum atomic E-state index is -0.108. The van der Waals surface area contributed by atoms with Gasteiger partial charge in [0.1, 0.15) is 0 Å². The first-order valence-corrected chi connectivity index (χ1v) is 10.0. The summed E-state index contributed by atoms with van der Waals surface area (Å²) in [5.74, 6) is 2.24. The van der Waals surface area contributed by atoms with Crippen LogP contribution in [0.5, 0.6) is 0 Å². The van der Waals surface area contributed by atoms with Crippen molar-refractivity contribution in [1.82, 2.24) is 10.6 Å². The van der Waals surface area contributed by atoms with Gasteiger partial charge in [0.25, 0.3) is 0 Å². The first kappa shape index (κ1) is 18.0. The summed E-state index contributed by atoms with van der Waals surface area (Å²) in [6.07, 6.45) is 0.529. The van der Waals surface area contributed by atoms with Gasteiger partial charge in [-0.15, -0.1) is 0 Å². The fourth-order valence-corrected chi connectivity index (χ4v) is 4.20. The third-order valence-electron chi connectivity index (χ3n) is 4.49. The van der Waals surface area contributed by atoms with Crippen molar-refractivity contribution in [2.75, 3.05) is 18.1 Å². The Balaban J connectivity index is 1.79. The molecule has 0 radical (unpaired) electrons. The quantitative estimate of drug-likeness (QED) is 0.862. The average Bonchev–Trinajstić information content (AvgIpc) is 2.60. The van der Waals surface area contributed by atoms with Gasteiger partial charge in [0, 0.05) is 30.5 Å². The topological polar surface area (TPSA) is 41.1 Å². The first-order valence-electron chi connectivity index (χ1n) is 8.85. The highest BCUT2D eigenvalue weighted by Crippen LogP contribution is 2.24. The molecule has 0 aliphatic carbocycles. The van der Waals surface area contributed by atoms with Gasteiger partial charge in [-0.25, -0.2) is 0 Å². The lowest BCUT2D eigenvalue weighted by Gasteiger charge is -2.25. The molecule has 2 N–H and O–H groups in total. The predicted molar refractivity (Wildman–Crippen MR) is 106 cm³/mol. The molecule has 2 aromatic rings. The van der Waals surface area contributed by atoms with Crippen LogP contribution in [0, 0.1) is 13.8 Å². The first-order chi connectivity index (χ1) is 12.1. The van der Waals surface area contributed by atoms with Crippen molar-refractivity contribution in [1.29, 1.82) is 0 Å². The van der Waals surface area contributed by atoms with Crippen LogP contribution < -0.4 is 10.6 Å². The summed E-state index contributed by atoms with van der Waals surface area (Å²) in [6.45, 7) is 5.16. The number of rotatable bonds is 5. The van der Waals surface area contributed by atoms with E-state index in [2.05, 4.69) is 73.0 Å². The van der Waals surface area contributed by atoms with Crippen LogP contribution in [0.15, 0.2) is 48.5 Å². The molecular formula is C21H26N2OS. The Bertz CT molecular complexity index is 680. The van der Waals surface area contributed by atoms with Crippen molar-refractivity contribution in [3.05, 3.63) is 70.8 Å². The van der Waals surface area contributed by atoms with Crippen molar-refractivity contribution in [2.24, 2.45) is 0 Å². The van der Waals surface area contributed by atoms with Crippen molar-refractivity contribution >= 4 is 17.7 Å². The smallest absolute Gasteiger partial charge is 0.222 e. The zero-order chi connectivity index (χ0) is 17.6. The third-order valence-corrected chi connectivity index (χ3v) is 5.62. The van der Waals surface area contributed by atoms with Gasteiger partial charge >= 0.3 is 0 Å². The van der Waals surface area contributed by atoms with Gasteiger partial charge in [0.15, 0.2) is 0 Å². The fourth-order valence-electron chi connectivity index (χ4n) is 3.25. The van der Waals surface area contributed by atoms with Crippen LogP contribution in [0.3, 0.4) is 0 Å². The molecule has 132 valence electrons. The SMILES string of the molecule is Cc1cccc(C(NC(=O)CC2CSCCN2)c2cccc(C)c2)c1. The normalized spacial score (nSPS) is 17.5. The summed E-state index contributed by atoms with van der Waals surface area (Å²) in [6, 6.07) is 16.9. The van der Waals surface area contributed by atoms with Crippen molar-refractivity contribution in [2.45, 2.75) is 32.4 Å². The molecule has 0 saturated carbocycles. The Morgan fingerprint density at radius 2 is 1.80 bits per heavy atom. The Hall–Kier alpha value is -1.78. The van der Waals surface area contributed by atoms with Crippen LogP contribution >= 0.6 is 11.8 Å². The molecule has 25 heavy (non-hydrogen) atoms. The largest absolute Gasteiger partial charge is 0.345 e. The monoisotopic (exact) mass is 354 g/mol. The number of benzene rings is 2. The van der Waals surface area contributed by atoms with E-state index >= 15 is 0 Å². The summed E-state index contributed by atoms with van der Waals surface area (Å²) < 4.78 is 0. The Labute approximate surface area is 154 Å². The molecule has 4 heteroatoms. The minimum Gasteiger partial charge on any atom is -0.345 e. The number of carbonyl (C=O) groups excluding carboxylic acids is 1. The number of aryl methyl sites for hydroxylation is 2. The van der Waals surface area contributed by atoms with E-state index in [0.717, 1.165) is 29.2 Å². The van der Waals surface area contributed by atoms with Gasteiger partial charge in [-0.3, -0.25) is 4.79 Å². The summed E-state index contributed by atoms with van der Waals surface area (Å²) in [7, 11) is 0. The van der Waals surface area contributed by atoms with Crippen molar-refractivity contribution < 1.29 is 4.79 Å². The van der Waals surface area contributed by atoms with Gasteiger partial charge in [-0.05, 0) is 25.0 Å². The lowest BCUT2D eigenvalue weighted by Crippen LogP contribution is -2.42. The van der Waals surface area contributed by atoms with Gasteiger partial charge < -0.3 is 10.6 Å². The second kappa shape index (κ2) is 8.54. The zero-order valence-corrected chi connectivity index (χ0v) is 15.7. The Kier molecular flexibility index (Phi) is 6.16. The van der Waals surface area contributed by atoms with E-state index in [1.54, 1.807) is 0 Å². The van der Waals surface area contributed by atoms with Crippen LogP contribution in [0.1, 0.15) is 34.7 Å². The van der Waals surface area contributed by atoms with E-state index in [9.17, 15) is 4.79 Å². The number of hydrogen-bond acceptors (Lipinski definition) is 3. The third kappa shape index (κ3) is 5.10. The number of amides is 1. The number of nitrogens with one attached hydrogen (secondary N) is 2. The zero-order valence-electron chi connectivity index (χ0n) is 14.9. The molecule has 0 aromatic heterocycles. The van der Waals surface area contributed by atoms with E-state index in [1.165, 1.54) is 11.1 Å². The second-order valence-corrected chi connectivity index (χ2v) is 7.91. The molecule has 1 fully saturated rings. The Morgan fingerprint density at radius 1 is 1.16 bits per heavy atom. The van der Waals surface area contributed by atoms with E-state index in [0.29, 0.717) is 6.42 Å². The highest BCUT2D eigenvalue weighted by atomic mass is 32.2. The summed E-state index contributed by atoms with van der Waals surface area (Å²) in [4.78, 5) is 12.7. The molecular weight excluding hydrogens is 328 g/mol. The minimum absolute atomic E-state index is 0.105. The molecule has 1 heterocycles. The van der Waals surface area contributed by atoms with Gasteiger partial charge in [0.2, 0.25) is 5.91 Å². The van der Waals surface area contributed by atoms with Gasteiger partial charge in [0.05, 0.1) is 6.04 Å². The molecule has 1 amide bonds. The summed E-state index contributed by atoms with van der Waals surface area (Å²) in [5, 5.41) is 6.70. The van der Waals surface area contributed by atoms with Crippen LogP contribution in [0.4, 0.5) is 0 Å². The molecule has 2 aromatic carbocycles. The molecule has 1 aliphatic heterocycles. The average molecular weight is 355 g/mol. The lowest BCUT2D eigenvalue weighted by atomic mass is 9.96. The molecule has 3 nitrogen and oxygen atoms in total. The van der Waals surface area contributed by atoms with Crippen LogP contribution in [0.25, 0.3) is 0 Å². The number of carbonyl (C=O) groups is 1. The van der Waals surface area contributed by atoms with Gasteiger partial charge in [-0.1, -0.05) is 59.7 Å². The summed E-state index contributed by atoms with van der Waals surface area (Å²) >= 11 is 1.92. The molecule has 1 atom stereocenters. The number of thioether (sulfide) groups is 1. The lowest BCUT2D eigenvalue weighted by molar-refractivity contribution is -0.122. The molecule has 1 unspecified atom stereocenters. The fraction of sp³-hybridized carbons (Fsp3) is 0.381. The standard InChI is InChI=1S/C21H26N2OS/c1-15-5-3-7-17(11-15)21(18-8-4-6-16(2)12-18)23-20(24)13-19-14-25-10-9-22-19/h3-8,11-12,19,21-22H,9-10,13-14H2,1-2H3,(H,23,24). The second-order valence-electron chi connectivity index (χ2n) is 6.76. The van der Waals surface area contributed by atoms with Crippen molar-refractivity contribution in [3.63, 3.8) is 0 Å². The highest BCUT2D eigenvalue weighted by Gasteiger charge is 2.21. The van der Waals surface area contributed by atoms with Crippen LogP contribution in [0.2, 0.25) is 0 Å². The maximum absolute atomic E-state index is 12.7. The van der Waals surface area contributed by atoms with Crippen LogP contribution in [-0.4, -0.2) is 30.0 Å². The molecule has 0 bridgehead atoms. The maximum atomic E-state index is 12.7. The Morgan fingerprint density at radius 3 is 2.32 bits per heavy atom. The molecule has 0 spiro atoms. The maximum Gasteiger partial charge on any atom is 0.222 e. The van der Waals surface area contributed by atoms with E-state index < -0.39 is 0 Å². The molecule has 1 aliphatic rings. The summed E-state index contributed by atoms with van der Waals surface area (Å²) in [5.41, 5.74) is 4.67. The highest BCUT2D eigenvalue weighted by molar-refractivity contribution is 7.99. The molecule has 1 saturated heterocycles. The molecule has 3 rings (SSSR count). The van der Waals surface area contributed by atoms with Crippen LogP contribution in [-0.2, 0) is 4.79 Å². The van der Waals surface area contributed by atoms with Crippen molar-refractivity contribution in [3.8, 4) is 0 Å².